The van der Waals surface area contributed by atoms with Crippen LogP contribution in [0, 0.1) is 12.7 Å². The summed E-state index contributed by atoms with van der Waals surface area (Å²) in [5.74, 6) is -0.348. The molecule has 0 spiro atoms. The minimum Gasteiger partial charge on any atom is -0.497 e. The maximum Gasteiger partial charge on any atom is 0.262 e. The molecule has 0 aliphatic rings. The number of nitrogen functional groups attached to an aromatic ring is 1. The first kappa shape index (κ1) is 15.1. The van der Waals surface area contributed by atoms with Crippen molar-refractivity contribution in [2.45, 2.75) is 11.8 Å². The zero-order chi connectivity index (χ0) is 15.6. The Labute approximate surface area is 122 Å². The van der Waals surface area contributed by atoms with Crippen molar-refractivity contribution >= 4 is 21.4 Å². The van der Waals surface area contributed by atoms with Gasteiger partial charge in [0.25, 0.3) is 10.0 Å². The van der Waals surface area contributed by atoms with Gasteiger partial charge in [-0.15, -0.1) is 0 Å². The minimum absolute atomic E-state index is 0.00437. The Kier molecular flexibility index (Phi) is 4.04. The lowest BCUT2D eigenvalue weighted by Crippen LogP contribution is -2.15. The SMILES string of the molecule is COc1ccc(F)c(NS(=O)(=O)c2cccc(N)c2C)c1. The number of anilines is 2. The number of halogens is 1. The predicted molar refractivity (Wildman–Crippen MR) is 79.4 cm³/mol. The van der Waals surface area contributed by atoms with Crippen LogP contribution in [-0.2, 0) is 10.0 Å². The molecular formula is C14H15FN2O3S. The average molecular weight is 310 g/mol. The molecule has 2 rings (SSSR count). The van der Waals surface area contributed by atoms with Crippen LogP contribution in [0.4, 0.5) is 15.8 Å². The van der Waals surface area contributed by atoms with Crippen molar-refractivity contribution in [3.8, 4) is 5.75 Å². The van der Waals surface area contributed by atoms with Crippen LogP contribution in [0.2, 0.25) is 0 Å². The second kappa shape index (κ2) is 5.61. The smallest absolute Gasteiger partial charge is 0.262 e. The summed E-state index contributed by atoms with van der Waals surface area (Å²) in [6, 6.07) is 8.34. The number of methoxy groups -OCH3 is 1. The maximum atomic E-state index is 13.7. The van der Waals surface area contributed by atoms with Crippen LogP contribution < -0.4 is 15.2 Å². The summed E-state index contributed by atoms with van der Waals surface area (Å²) < 4.78 is 45.6. The van der Waals surface area contributed by atoms with Gasteiger partial charge in [0.05, 0.1) is 17.7 Å². The van der Waals surface area contributed by atoms with E-state index in [-0.39, 0.29) is 10.6 Å². The van der Waals surface area contributed by atoms with E-state index in [9.17, 15) is 12.8 Å². The fourth-order valence-electron chi connectivity index (χ4n) is 1.83. The monoisotopic (exact) mass is 310 g/mol. The Morgan fingerprint density at radius 2 is 1.95 bits per heavy atom. The van der Waals surface area contributed by atoms with Crippen molar-refractivity contribution in [1.29, 1.82) is 0 Å². The molecule has 112 valence electrons. The molecule has 0 atom stereocenters. The Morgan fingerprint density at radius 3 is 2.62 bits per heavy atom. The fraction of sp³-hybridized carbons (Fsp3) is 0.143. The van der Waals surface area contributed by atoms with Crippen molar-refractivity contribution in [3.05, 3.63) is 47.8 Å². The molecule has 0 amide bonds. The summed E-state index contributed by atoms with van der Waals surface area (Å²) in [7, 11) is -2.53. The summed E-state index contributed by atoms with van der Waals surface area (Å²) >= 11 is 0. The molecule has 5 nitrogen and oxygen atoms in total. The molecule has 3 N–H and O–H groups in total. The van der Waals surface area contributed by atoms with Crippen molar-refractivity contribution in [3.63, 3.8) is 0 Å². The first-order valence-corrected chi connectivity index (χ1v) is 7.55. The van der Waals surface area contributed by atoms with Crippen LogP contribution in [0.5, 0.6) is 5.75 Å². The number of hydrogen-bond acceptors (Lipinski definition) is 4. The van der Waals surface area contributed by atoms with Crippen molar-refractivity contribution in [2.24, 2.45) is 0 Å². The maximum absolute atomic E-state index is 13.7. The molecule has 0 unspecified atom stereocenters. The molecule has 0 fully saturated rings. The molecule has 0 aromatic heterocycles. The number of sulfonamides is 1. The Bertz CT molecular complexity index is 776. The lowest BCUT2D eigenvalue weighted by Gasteiger charge is -2.13. The van der Waals surface area contributed by atoms with Gasteiger partial charge in [-0.1, -0.05) is 6.07 Å². The molecule has 7 heteroatoms. The van der Waals surface area contributed by atoms with Gasteiger partial charge in [0.2, 0.25) is 0 Å². The quantitative estimate of drug-likeness (QED) is 0.850. The van der Waals surface area contributed by atoms with Crippen LogP contribution in [0.3, 0.4) is 0 Å². The number of benzene rings is 2. The van der Waals surface area contributed by atoms with Gasteiger partial charge in [0.15, 0.2) is 0 Å². The summed E-state index contributed by atoms with van der Waals surface area (Å²) in [6.07, 6.45) is 0. The number of ether oxygens (including phenoxy) is 1. The molecule has 0 saturated heterocycles. The van der Waals surface area contributed by atoms with Gasteiger partial charge in [-0.05, 0) is 36.8 Å². The second-order valence-corrected chi connectivity index (χ2v) is 6.07. The highest BCUT2D eigenvalue weighted by atomic mass is 32.2. The van der Waals surface area contributed by atoms with Crippen LogP contribution in [0.1, 0.15) is 5.56 Å². The molecule has 21 heavy (non-hydrogen) atoms. The van der Waals surface area contributed by atoms with E-state index in [1.54, 1.807) is 13.0 Å². The minimum atomic E-state index is -3.94. The molecule has 0 heterocycles. The standard InChI is InChI=1S/C14H15FN2O3S/c1-9-12(16)4-3-5-14(9)21(18,19)17-13-8-10(20-2)6-7-11(13)15/h3-8,17H,16H2,1-2H3. The van der Waals surface area contributed by atoms with E-state index in [1.165, 1.54) is 31.4 Å². The average Bonchev–Trinajstić information content (AvgIpc) is 2.44. The topological polar surface area (TPSA) is 81.4 Å². The summed E-state index contributed by atoms with van der Waals surface area (Å²) in [4.78, 5) is 0.00437. The third-order valence-corrected chi connectivity index (χ3v) is 4.54. The third-order valence-electron chi connectivity index (χ3n) is 3.03. The fourth-order valence-corrected chi connectivity index (χ4v) is 3.17. The third kappa shape index (κ3) is 3.08. The van der Waals surface area contributed by atoms with E-state index in [1.807, 2.05) is 0 Å². The number of rotatable bonds is 4. The summed E-state index contributed by atoms with van der Waals surface area (Å²) in [5, 5.41) is 0. The number of nitrogens with two attached hydrogens (primary N) is 1. The van der Waals surface area contributed by atoms with Crippen LogP contribution in [0.15, 0.2) is 41.3 Å². The number of nitrogens with one attached hydrogen (secondary N) is 1. The van der Waals surface area contributed by atoms with Gasteiger partial charge < -0.3 is 10.5 Å². The summed E-state index contributed by atoms with van der Waals surface area (Å²) in [5.41, 5.74) is 6.28. The summed E-state index contributed by atoms with van der Waals surface area (Å²) in [6.45, 7) is 1.59. The first-order chi connectivity index (χ1) is 9.85. The largest absolute Gasteiger partial charge is 0.497 e. The highest BCUT2D eigenvalue weighted by Gasteiger charge is 2.19. The van der Waals surface area contributed by atoms with Crippen molar-refractivity contribution in [2.75, 3.05) is 17.6 Å². The van der Waals surface area contributed by atoms with E-state index in [4.69, 9.17) is 10.5 Å². The van der Waals surface area contributed by atoms with E-state index in [0.717, 1.165) is 6.07 Å². The lowest BCUT2D eigenvalue weighted by atomic mass is 10.2. The van der Waals surface area contributed by atoms with Gasteiger partial charge in [0, 0.05) is 11.8 Å². The zero-order valence-corrected chi connectivity index (χ0v) is 12.4. The number of hydrogen-bond donors (Lipinski definition) is 2. The van der Waals surface area contributed by atoms with Gasteiger partial charge >= 0.3 is 0 Å². The van der Waals surface area contributed by atoms with Crippen LogP contribution >= 0.6 is 0 Å². The highest BCUT2D eigenvalue weighted by molar-refractivity contribution is 7.92. The Balaban J connectivity index is 2.45. The van der Waals surface area contributed by atoms with E-state index in [2.05, 4.69) is 4.72 Å². The van der Waals surface area contributed by atoms with Crippen LogP contribution in [-0.4, -0.2) is 15.5 Å². The van der Waals surface area contributed by atoms with Crippen molar-refractivity contribution < 1.29 is 17.5 Å². The van der Waals surface area contributed by atoms with E-state index >= 15 is 0 Å². The second-order valence-electron chi connectivity index (χ2n) is 4.42. The van der Waals surface area contributed by atoms with Gasteiger partial charge in [-0.25, -0.2) is 12.8 Å². The molecule has 0 radical (unpaired) electrons. The van der Waals surface area contributed by atoms with Gasteiger partial charge in [0.1, 0.15) is 11.6 Å². The first-order valence-electron chi connectivity index (χ1n) is 6.06. The molecular weight excluding hydrogens is 295 g/mol. The highest BCUT2D eigenvalue weighted by Crippen LogP contribution is 2.26. The molecule has 2 aromatic rings. The van der Waals surface area contributed by atoms with Gasteiger partial charge in [-0.2, -0.15) is 0 Å². The molecule has 0 saturated carbocycles. The van der Waals surface area contributed by atoms with Gasteiger partial charge in [-0.3, -0.25) is 4.72 Å². The van der Waals surface area contributed by atoms with E-state index in [0.29, 0.717) is 17.0 Å². The molecule has 2 aromatic carbocycles. The Morgan fingerprint density at radius 1 is 1.24 bits per heavy atom. The van der Waals surface area contributed by atoms with Crippen LogP contribution in [0.25, 0.3) is 0 Å². The van der Waals surface area contributed by atoms with Crippen molar-refractivity contribution in [1.82, 2.24) is 0 Å². The molecule has 0 bridgehead atoms. The Hall–Kier alpha value is -2.28. The van der Waals surface area contributed by atoms with E-state index < -0.39 is 15.8 Å². The normalized spacial score (nSPS) is 11.2. The molecule has 0 aliphatic carbocycles. The lowest BCUT2D eigenvalue weighted by molar-refractivity contribution is 0.414. The zero-order valence-electron chi connectivity index (χ0n) is 11.6. The predicted octanol–water partition coefficient (Wildman–Crippen LogP) is 2.53. The molecule has 0 aliphatic heterocycles.